The van der Waals surface area contributed by atoms with E-state index in [0.29, 0.717) is 0 Å². The maximum atomic E-state index is 9.23. The van der Waals surface area contributed by atoms with Gasteiger partial charge in [-0.15, -0.1) is 0 Å². The van der Waals surface area contributed by atoms with Crippen molar-refractivity contribution < 1.29 is 30.6 Å². The molecule has 1 fully saturated rings. The van der Waals surface area contributed by atoms with Crippen LogP contribution in [0.3, 0.4) is 0 Å². The average Bonchev–Trinajstić information content (AvgIpc) is 2.12. The molecule has 1 unspecified atom stereocenters. The Hall–Kier alpha value is -0.200. The van der Waals surface area contributed by atoms with Crippen molar-refractivity contribution in [3.05, 3.63) is 0 Å². The molecule has 4 N–H and O–H groups in total. The van der Waals surface area contributed by atoms with Crippen molar-refractivity contribution in [2.75, 3.05) is 6.56 Å². The third kappa shape index (κ3) is 1.14. The lowest BCUT2D eigenvalue weighted by Gasteiger charge is -2.09. The zero-order valence-corrected chi connectivity index (χ0v) is 4.85. The Kier molecular flexibility index (Phi) is 1.12. The number of aliphatic hydroxyl groups is 4. The predicted octanol–water partition coefficient (Wildman–Crippen LogP) is -2.58. The molecule has 1 saturated heterocycles. The summed E-state index contributed by atoms with van der Waals surface area (Å²) >= 11 is 0. The normalized spacial score (nSPS) is 70.0. The fraction of sp³-hybridized carbons (Fsp3) is 1.00. The van der Waals surface area contributed by atoms with Crippen molar-refractivity contribution >= 4 is 0 Å². The molecule has 1 heterocycles. The van der Waals surface area contributed by atoms with Gasteiger partial charge in [0, 0.05) is 0 Å². The first-order valence-electron chi connectivity index (χ1n) is 4.53. The van der Waals surface area contributed by atoms with Gasteiger partial charge in [-0.2, -0.15) is 0 Å². The minimum Gasteiger partial charge on any atom is -0.394 e. The molecule has 0 radical (unpaired) electrons. The first-order chi connectivity index (χ1) is 6.04. The number of rotatable bonds is 1. The van der Waals surface area contributed by atoms with Crippen molar-refractivity contribution in [2.24, 2.45) is 0 Å². The quantitative estimate of drug-likeness (QED) is 0.333. The second-order valence-electron chi connectivity index (χ2n) is 1.78. The first kappa shape index (κ1) is 3.99. The molecule has 0 amide bonds. The molecule has 10 heavy (non-hydrogen) atoms. The third-order valence-electron chi connectivity index (χ3n) is 1.12. The van der Waals surface area contributed by atoms with Crippen molar-refractivity contribution in [3.63, 3.8) is 0 Å². The molecule has 0 bridgehead atoms. The van der Waals surface area contributed by atoms with E-state index in [9.17, 15) is 5.11 Å². The largest absolute Gasteiger partial charge is 0.394 e. The maximum absolute atomic E-state index is 9.23. The Labute approximate surface area is 63.1 Å². The van der Waals surface area contributed by atoms with Crippen LogP contribution in [0, 0.1) is 0 Å². The Morgan fingerprint density at radius 2 is 2.10 bits per heavy atom. The molecule has 5 heteroatoms. The summed E-state index contributed by atoms with van der Waals surface area (Å²) in [5.74, 6) is 0. The molecule has 0 aromatic rings. The maximum Gasteiger partial charge on any atom is 0.184 e. The number of hydrogen-bond acceptors (Lipinski definition) is 5. The molecule has 0 aliphatic carbocycles. The van der Waals surface area contributed by atoms with Gasteiger partial charge in [-0.1, -0.05) is 0 Å². The summed E-state index contributed by atoms with van der Waals surface area (Å²) in [4.78, 5) is 0. The van der Waals surface area contributed by atoms with E-state index in [4.69, 9.17) is 20.8 Å². The van der Waals surface area contributed by atoms with E-state index in [1.54, 1.807) is 0 Å². The molecule has 1 aliphatic rings. The van der Waals surface area contributed by atoms with Gasteiger partial charge in [0.05, 0.1) is 12.0 Å². The van der Waals surface area contributed by atoms with Crippen molar-refractivity contribution in [3.8, 4) is 0 Å². The van der Waals surface area contributed by atoms with Crippen LogP contribution in [-0.4, -0.2) is 51.5 Å². The number of ether oxygens (including phenoxy) is 1. The monoisotopic (exact) mass is 154 g/mol. The summed E-state index contributed by atoms with van der Waals surface area (Å²) in [6.45, 7) is -3.40. The van der Waals surface area contributed by atoms with Gasteiger partial charge in [0.1, 0.15) is 18.3 Å². The average molecular weight is 154 g/mol. The van der Waals surface area contributed by atoms with Crippen molar-refractivity contribution in [1.82, 2.24) is 0 Å². The molecule has 1 aliphatic heterocycles. The minimum absolute atomic E-state index is 2.10. The van der Waals surface area contributed by atoms with E-state index >= 15 is 0 Å². The molecule has 0 aromatic carbocycles. The summed E-state index contributed by atoms with van der Waals surface area (Å²) in [5.41, 5.74) is 0. The van der Waals surface area contributed by atoms with Crippen molar-refractivity contribution in [1.29, 1.82) is 0 Å². The summed E-state index contributed by atoms with van der Waals surface area (Å²) in [5, 5.41) is 36.0. The second kappa shape index (κ2) is 2.81. The van der Waals surface area contributed by atoms with Crippen LogP contribution in [0.4, 0.5) is 0 Å². The molecule has 4 atom stereocenters. The highest BCUT2D eigenvalue weighted by atomic mass is 16.6. The van der Waals surface area contributed by atoms with Crippen LogP contribution in [-0.2, 0) is 4.74 Å². The first-order valence-corrected chi connectivity index (χ1v) is 2.53. The fourth-order valence-electron chi connectivity index (χ4n) is 0.599. The van der Waals surface area contributed by atoms with Crippen molar-refractivity contribution in [2.45, 2.75) is 24.6 Å². The van der Waals surface area contributed by atoms with Gasteiger partial charge in [-0.05, 0) is 0 Å². The topological polar surface area (TPSA) is 90.2 Å². The van der Waals surface area contributed by atoms with Crippen LogP contribution >= 0.6 is 0 Å². The third-order valence-corrected chi connectivity index (χ3v) is 1.12. The van der Waals surface area contributed by atoms with E-state index in [1.807, 2.05) is 0 Å². The highest BCUT2D eigenvalue weighted by Crippen LogP contribution is 2.18. The van der Waals surface area contributed by atoms with Gasteiger partial charge in [0.2, 0.25) is 0 Å². The summed E-state index contributed by atoms with van der Waals surface area (Å²) in [6.07, 6.45) is -10.6. The molecule has 0 aromatic heterocycles. The van der Waals surface area contributed by atoms with Gasteiger partial charge in [0.25, 0.3) is 0 Å². The zero-order valence-electron chi connectivity index (χ0n) is 8.85. The van der Waals surface area contributed by atoms with E-state index < -0.39 is 31.1 Å². The molecule has 0 spiro atoms. The van der Waals surface area contributed by atoms with Gasteiger partial charge < -0.3 is 25.2 Å². The van der Waals surface area contributed by atoms with Gasteiger partial charge in [-0.25, -0.2) is 0 Å². The van der Waals surface area contributed by atoms with E-state index in [2.05, 4.69) is 4.74 Å². The second-order valence-corrected chi connectivity index (χ2v) is 1.78. The predicted molar refractivity (Wildman–Crippen MR) is 30.0 cm³/mol. The standard InChI is InChI=1S/C5H10O5/c6-1-2-3(7)4(8)5(9)10-2/h2-9H,1H2/t2-,3?,4+,5-/m1/s1/i1D2,2D,3D. The highest BCUT2D eigenvalue weighted by molar-refractivity contribution is 4.84. The molecule has 1 rings (SSSR count). The SMILES string of the molecule is [2H]C([2H])(O)[C@@]1([2H])O[C@@H](O)[C@@H](O)C1([2H])O. The lowest BCUT2D eigenvalue weighted by Crippen LogP contribution is -2.33. The van der Waals surface area contributed by atoms with E-state index in [0.717, 1.165) is 0 Å². The zero-order chi connectivity index (χ0) is 11.4. The van der Waals surface area contributed by atoms with Crippen LogP contribution < -0.4 is 0 Å². The van der Waals surface area contributed by atoms with E-state index in [1.165, 1.54) is 0 Å². The summed E-state index contributed by atoms with van der Waals surface area (Å²) in [6, 6.07) is 0. The summed E-state index contributed by atoms with van der Waals surface area (Å²) in [7, 11) is 0. The minimum atomic E-state index is -3.40. The van der Waals surface area contributed by atoms with Crippen LogP contribution in [0.2, 0.25) is 0 Å². The Balaban J connectivity index is 3.14. The molecular formula is C5H10O5. The van der Waals surface area contributed by atoms with E-state index in [-0.39, 0.29) is 0 Å². The molecule has 60 valence electrons. The van der Waals surface area contributed by atoms with Gasteiger partial charge in [-0.3, -0.25) is 0 Å². The van der Waals surface area contributed by atoms with Gasteiger partial charge >= 0.3 is 0 Å². The fourth-order valence-corrected chi connectivity index (χ4v) is 0.599. The molecular weight excluding hydrogens is 140 g/mol. The number of hydrogen-bond donors (Lipinski definition) is 4. The Morgan fingerprint density at radius 1 is 1.50 bits per heavy atom. The van der Waals surface area contributed by atoms with Crippen LogP contribution in [0.1, 0.15) is 5.48 Å². The van der Waals surface area contributed by atoms with Crippen LogP contribution in [0.25, 0.3) is 0 Å². The Morgan fingerprint density at radius 3 is 2.30 bits per heavy atom. The smallest absolute Gasteiger partial charge is 0.184 e. The lowest BCUT2D eigenvalue weighted by molar-refractivity contribution is -0.132. The highest BCUT2D eigenvalue weighted by Gasteiger charge is 2.41. The van der Waals surface area contributed by atoms with Gasteiger partial charge in [0.15, 0.2) is 6.29 Å². The van der Waals surface area contributed by atoms with Crippen LogP contribution in [0.15, 0.2) is 0 Å². The lowest BCUT2D eigenvalue weighted by atomic mass is 10.1. The van der Waals surface area contributed by atoms with Crippen LogP contribution in [0.5, 0.6) is 0 Å². The molecule has 5 nitrogen and oxygen atoms in total. The Bertz CT molecular complexity index is 241. The summed E-state index contributed by atoms with van der Waals surface area (Å²) < 4.78 is 31.9. The molecule has 0 saturated carbocycles. The number of aliphatic hydroxyl groups excluding tert-OH is 2.